The summed E-state index contributed by atoms with van der Waals surface area (Å²) in [7, 11) is 1.45. The summed E-state index contributed by atoms with van der Waals surface area (Å²) in [6.07, 6.45) is -3.48. The first-order valence-corrected chi connectivity index (χ1v) is 9.23. The molecule has 4 rings (SSSR count). The van der Waals surface area contributed by atoms with Gasteiger partial charge in [-0.15, -0.1) is 5.06 Å². The van der Waals surface area contributed by atoms with Crippen LogP contribution in [0.15, 0.2) is 24.5 Å². The van der Waals surface area contributed by atoms with Gasteiger partial charge in [-0.25, -0.2) is 14.8 Å². The Hall–Kier alpha value is -2.99. The molecule has 0 bridgehead atoms. The number of hydroxylamine groups is 2. The number of hydrogen-bond donors (Lipinski definition) is 1. The van der Waals surface area contributed by atoms with Crippen molar-refractivity contribution in [2.24, 2.45) is 0 Å². The van der Waals surface area contributed by atoms with E-state index < -0.39 is 17.8 Å². The Morgan fingerprint density at radius 1 is 1.28 bits per heavy atom. The maximum Gasteiger partial charge on any atom is 0.432 e. The molecule has 0 spiro atoms. The fourth-order valence-corrected chi connectivity index (χ4v) is 3.73. The van der Waals surface area contributed by atoms with Crippen LogP contribution in [0, 0.1) is 0 Å². The zero-order chi connectivity index (χ0) is 20.6. The number of carbonyl (C=O) groups is 1. The molecule has 152 valence electrons. The molecule has 1 amide bonds. The number of ether oxygens (including phenoxy) is 1. The first-order valence-electron chi connectivity index (χ1n) is 8.42. The van der Waals surface area contributed by atoms with Gasteiger partial charge in [0.05, 0.1) is 19.2 Å². The molecule has 0 atom stereocenters. The van der Waals surface area contributed by atoms with Crippen molar-refractivity contribution in [3.05, 3.63) is 41.2 Å². The molecule has 8 nitrogen and oxygen atoms in total. The predicted octanol–water partition coefficient (Wildman–Crippen LogP) is 3.64. The summed E-state index contributed by atoms with van der Waals surface area (Å²) in [6, 6.07) is 3.57. The van der Waals surface area contributed by atoms with Crippen LogP contribution in [0.25, 0.3) is 10.3 Å². The number of methoxy groups -OCH3 is 1. The van der Waals surface area contributed by atoms with Crippen molar-refractivity contribution in [3.63, 3.8) is 0 Å². The first-order chi connectivity index (χ1) is 13.8. The minimum absolute atomic E-state index is 0.194. The van der Waals surface area contributed by atoms with Crippen LogP contribution in [-0.2, 0) is 24.0 Å². The lowest BCUT2D eigenvalue weighted by atomic mass is 9.98. The molecule has 0 fully saturated rings. The Morgan fingerprint density at radius 2 is 2.10 bits per heavy atom. The highest BCUT2D eigenvalue weighted by Gasteiger charge is 2.32. The van der Waals surface area contributed by atoms with E-state index in [-0.39, 0.29) is 18.2 Å². The number of nitrogens with one attached hydrogen (secondary N) is 1. The van der Waals surface area contributed by atoms with Crippen LogP contribution in [0.4, 0.5) is 23.1 Å². The van der Waals surface area contributed by atoms with Crippen molar-refractivity contribution in [1.29, 1.82) is 0 Å². The van der Waals surface area contributed by atoms with Gasteiger partial charge in [0, 0.05) is 6.54 Å². The quantitative estimate of drug-likeness (QED) is 0.685. The molecule has 29 heavy (non-hydrogen) atoms. The lowest BCUT2D eigenvalue weighted by molar-refractivity contribution is -0.137. The number of amides is 1. The zero-order valence-electron chi connectivity index (χ0n) is 15.0. The smallest absolute Gasteiger partial charge is 0.432 e. The second kappa shape index (κ2) is 7.44. The van der Waals surface area contributed by atoms with Crippen LogP contribution in [0.5, 0.6) is 5.88 Å². The van der Waals surface area contributed by atoms with E-state index in [1.807, 2.05) is 0 Å². The van der Waals surface area contributed by atoms with E-state index in [2.05, 4.69) is 20.3 Å². The molecular weight excluding hydrogens is 411 g/mol. The van der Waals surface area contributed by atoms with Gasteiger partial charge in [0.25, 0.3) is 0 Å². The average molecular weight is 425 g/mol. The standard InChI is InChI=1S/C17H14F3N5O3S/c1-27-13-12-14(22-8-21-13)29-15(23-12)24-16(26)28-25-5-4-9-6-11(17(18,19)20)3-2-10(9)7-25/h2-3,6,8H,4-5,7H2,1H3,(H,23,24,26). The zero-order valence-corrected chi connectivity index (χ0v) is 15.8. The number of rotatable bonds is 3. The number of halogens is 3. The molecule has 1 aliphatic rings. The summed E-state index contributed by atoms with van der Waals surface area (Å²) in [4.78, 5) is 30.2. The Kier molecular flexibility index (Phi) is 4.96. The number of anilines is 1. The minimum atomic E-state index is -4.38. The maximum absolute atomic E-state index is 12.8. The van der Waals surface area contributed by atoms with Gasteiger partial charge >= 0.3 is 12.3 Å². The van der Waals surface area contributed by atoms with E-state index in [0.29, 0.717) is 33.8 Å². The second-order valence-corrected chi connectivity index (χ2v) is 7.13. The molecule has 0 unspecified atom stereocenters. The number of hydrogen-bond acceptors (Lipinski definition) is 8. The molecular formula is C17H14F3N5O3S. The Morgan fingerprint density at radius 3 is 2.86 bits per heavy atom. The van der Waals surface area contributed by atoms with Gasteiger partial charge in [0.1, 0.15) is 6.33 Å². The predicted molar refractivity (Wildman–Crippen MR) is 97.4 cm³/mol. The Balaban J connectivity index is 1.41. The molecule has 0 saturated heterocycles. The summed E-state index contributed by atoms with van der Waals surface area (Å²) >= 11 is 1.13. The highest BCUT2D eigenvalue weighted by Crippen LogP contribution is 2.32. The van der Waals surface area contributed by atoms with Crippen molar-refractivity contribution in [2.75, 3.05) is 19.0 Å². The van der Waals surface area contributed by atoms with Gasteiger partial charge in [-0.1, -0.05) is 17.4 Å². The van der Waals surface area contributed by atoms with Gasteiger partial charge in [-0.2, -0.15) is 18.2 Å². The van der Waals surface area contributed by atoms with Crippen molar-refractivity contribution in [1.82, 2.24) is 20.0 Å². The van der Waals surface area contributed by atoms with Gasteiger partial charge < -0.3 is 9.57 Å². The molecule has 3 aromatic rings. The lowest BCUT2D eigenvalue weighted by Crippen LogP contribution is -2.34. The van der Waals surface area contributed by atoms with Crippen LogP contribution in [-0.4, -0.2) is 39.8 Å². The first kappa shape index (κ1) is 19.3. The average Bonchev–Trinajstić information content (AvgIpc) is 3.08. The maximum atomic E-state index is 12.8. The van der Waals surface area contributed by atoms with Crippen molar-refractivity contribution in [2.45, 2.75) is 19.1 Å². The van der Waals surface area contributed by atoms with Gasteiger partial charge in [-0.3, -0.25) is 5.32 Å². The summed E-state index contributed by atoms with van der Waals surface area (Å²) in [5.41, 5.74) is 1.01. The number of alkyl halides is 3. The van der Waals surface area contributed by atoms with E-state index in [4.69, 9.17) is 9.57 Å². The highest BCUT2D eigenvalue weighted by molar-refractivity contribution is 7.22. The molecule has 1 aromatic carbocycles. The fourth-order valence-electron chi connectivity index (χ4n) is 2.95. The van der Waals surface area contributed by atoms with E-state index >= 15 is 0 Å². The third-order valence-electron chi connectivity index (χ3n) is 4.29. The number of fused-ring (bicyclic) bond motifs is 2. The van der Waals surface area contributed by atoms with Crippen LogP contribution in [0.1, 0.15) is 16.7 Å². The summed E-state index contributed by atoms with van der Waals surface area (Å²) in [5, 5.41) is 4.16. The fraction of sp³-hybridized carbons (Fsp3) is 0.294. The van der Waals surface area contributed by atoms with Gasteiger partial charge in [-0.05, 0) is 29.7 Å². The molecule has 0 aliphatic carbocycles. The molecule has 0 saturated carbocycles. The third-order valence-corrected chi connectivity index (χ3v) is 5.17. The van der Waals surface area contributed by atoms with Gasteiger partial charge in [0.2, 0.25) is 5.88 Å². The van der Waals surface area contributed by atoms with E-state index in [0.717, 1.165) is 23.5 Å². The third kappa shape index (κ3) is 4.07. The number of carbonyl (C=O) groups excluding carboxylic acids is 1. The van der Waals surface area contributed by atoms with Crippen LogP contribution < -0.4 is 10.1 Å². The molecule has 3 heterocycles. The largest absolute Gasteiger partial charge is 0.479 e. The monoisotopic (exact) mass is 425 g/mol. The van der Waals surface area contributed by atoms with Crippen LogP contribution >= 0.6 is 11.3 Å². The van der Waals surface area contributed by atoms with Crippen molar-refractivity contribution in [3.8, 4) is 5.88 Å². The molecule has 0 radical (unpaired) electrons. The molecule has 1 N–H and O–H groups in total. The molecule has 2 aromatic heterocycles. The van der Waals surface area contributed by atoms with Crippen LogP contribution in [0.3, 0.4) is 0 Å². The minimum Gasteiger partial charge on any atom is -0.479 e. The summed E-state index contributed by atoms with van der Waals surface area (Å²) in [5.74, 6) is 0.290. The number of nitrogens with zero attached hydrogens (tertiary/aromatic N) is 4. The number of benzene rings is 1. The molecule has 12 heteroatoms. The lowest BCUT2D eigenvalue weighted by Gasteiger charge is -2.27. The Labute approximate surface area is 166 Å². The van der Waals surface area contributed by atoms with E-state index in [9.17, 15) is 18.0 Å². The SMILES string of the molecule is COc1ncnc2sc(NC(=O)ON3CCc4cc(C(F)(F)F)ccc4C3)nc12. The summed E-state index contributed by atoms with van der Waals surface area (Å²) < 4.78 is 43.6. The van der Waals surface area contributed by atoms with Crippen molar-refractivity contribution >= 4 is 32.9 Å². The summed E-state index contributed by atoms with van der Waals surface area (Å²) in [6.45, 7) is 0.473. The Bertz CT molecular complexity index is 1070. The topological polar surface area (TPSA) is 89.5 Å². The van der Waals surface area contributed by atoms with E-state index in [1.165, 1.54) is 24.6 Å². The number of thiazole rings is 1. The molecule has 1 aliphatic heterocycles. The van der Waals surface area contributed by atoms with Crippen molar-refractivity contribution < 1.29 is 27.5 Å². The van der Waals surface area contributed by atoms with E-state index in [1.54, 1.807) is 0 Å². The number of aromatic nitrogens is 3. The van der Waals surface area contributed by atoms with Gasteiger partial charge in [0.15, 0.2) is 15.5 Å². The highest BCUT2D eigenvalue weighted by atomic mass is 32.1. The van der Waals surface area contributed by atoms with Crippen LogP contribution in [0.2, 0.25) is 0 Å². The second-order valence-electron chi connectivity index (χ2n) is 6.15. The normalized spacial score (nSPS) is 14.5.